The third kappa shape index (κ3) is 8.32. The molecular weight excluding hydrogens is 417 g/mol. The fourth-order valence-electron chi connectivity index (χ4n) is 2.47. The molecule has 1 heterocycles. The summed E-state index contributed by atoms with van der Waals surface area (Å²) in [5, 5.41) is 11.1. The van der Waals surface area contributed by atoms with Crippen molar-refractivity contribution in [3.63, 3.8) is 0 Å². The molecule has 6 nitrogen and oxygen atoms in total. The van der Waals surface area contributed by atoms with Gasteiger partial charge in [0.2, 0.25) is 0 Å². The van der Waals surface area contributed by atoms with E-state index in [2.05, 4.69) is 38.4 Å². The number of aryl methyl sites for hydroxylation is 3. The van der Waals surface area contributed by atoms with Gasteiger partial charge in [0.05, 0.1) is 5.69 Å². The molecule has 2 rings (SSSR count). The molecule has 0 unspecified atom stereocenters. The highest BCUT2D eigenvalue weighted by atomic mass is 127. The van der Waals surface area contributed by atoms with Gasteiger partial charge in [-0.25, -0.2) is 0 Å². The summed E-state index contributed by atoms with van der Waals surface area (Å²) in [6.07, 6.45) is 4.74. The molecule has 0 amide bonds. The van der Waals surface area contributed by atoms with E-state index in [0.717, 1.165) is 63.3 Å². The van der Waals surface area contributed by atoms with E-state index in [9.17, 15) is 0 Å². The van der Waals surface area contributed by atoms with Crippen LogP contribution in [-0.2, 0) is 11.3 Å². The predicted octanol–water partition coefficient (Wildman–Crippen LogP) is 2.49. The highest BCUT2D eigenvalue weighted by molar-refractivity contribution is 14.0. The molecule has 0 atom stereocenters. The van der Waals surface area contributed by atoms with Gasteiger partial charge in [0.1, 0.15) is 0 Å². The van der Waals surface area contributed by atoms with Crippen LogP contribution in [0.3, 0.4) is 0 Å². The monoisotopic (exact) mass is 449 g/mol. The average Bonchev–Trinajstić information content (AvgIpc) is 3.29. The Hall–Kier alpha value is -0.830. The average molecular weight is 449 g/mol. The first-order chi connectivity index (χ1) is 11.2. The number of hydrogen-bond donors (Lipinski definition) is 2. The summed E-state index contributed by atoms with van der Waals surface area (Å²) in [4.78, 5) is 4.24. The Bertz CT molecular complexity index is 499. The minimum Gasteiger partial charge on any atom is -0.381 e. The lowest BCUT2D eigenvalue weighted by Crippen LogP contribution is -2.38. The van der Waals surface area contributed by atoms with Crippen molar-refractivity contribution in [3.8, 4) is 0 Å². The molecule has 0 saturated heterocycles. The zero-order valence-electron chi connectivity index (χ0n) is 15.2. The number of aromatic nitrogens is 2. The van der Waals surface area contributed by atoms with Crippen LogP contribution in [-0.4, -0.2) is 49.1 Å². The van der Waals surface area contributed by atoms with Crippen LogP contribution in [0, 0.1) is 19.8 Å². The largest absolute Gasteiger partial charge is 0.381 e. The molecule has 1 aliphatic rings. The number of rotatable bonds is 10. The molecule has 1 saturated carbocycles. The summed E-state index contributed by atoms with van der Waals surface area (Å²) in [5.74, 6) is 1.71. The smallest absolute Gasteiger partial charge is 0.190 e. The number of ether oxygens (including phenoxy) is 1. The summed E-state index contributed by atoms with van der Waals surface area (Å²) in [7, 11) is 1.81. The molecule has 138 valence electrons. The van der Waals surface area contributed by atoms with Crippen LogP contribution in [0.2, 0.25) is 0 Å². The van der Waals surface area contributed by atoms with Crippen LogP contribution in [0.4, 0.5) is 0 Å². The Morgan fingerprint density at radius 1 is 1.29 bits per heavy atom. The minimum absolute atomic E-state index is 0. The Morgan fingerprint density at radius 3 is 2.58 bits per heavy atom. The highest BCUT2D eigenvalue weighted by Crippen LogP contribution is 2.28. The second-order valence-electron chi connectivity index (χ2n) is 6.30. The Balaban J connectivity index is 0.00000288. The van der Waals surface area contributed by atoms with Gasteiger partial charge in [-0.3, -0.25) is 9.67 Å². The van der Waals surface area contributed by atoms with Crippen molar-refractivity contribution < 1.29 is 4.74 Å². The van der Waals surface area contributed by atoms with Gasteiger partial charge in [0, 0.05) is 45.6 Å². The Morgan fingerprint density at radius 2 is 2.00 bits per heavy atom. The molecule has 0 radical (unpaired) electrons. The standard InChI is InChI=1S/C17H31N5O.HI/c1-14-12-15(2)22(21-14)10-4-8-19-17(18-3)20-9-5-11-23-13-16-6-7-16;/h12,16H,4-11,13H2,1-3H3,(H2,18,19,20);1H. The van der Waals surface area contributed by atoms with Crippen molar-refractivity contribution in [2.75, 3.05) is 33.4 Å². The Kier molecular flexibility index (Phi) is 10.3. The maximum Gasteiger partial charge on any atom is 0.190 e. The van der Waals surface area contributed by atoms with Crippen molar-refractivity contribution in [1.29, 1.82) is 0 Å². The first-order valence-electron chi connectivity index (χ1n) is 8.72. The van der Waals surface area contributed by atoms with E-state index in [-0.39, 0.29) is 24.0 Å². The van der Waals surface area contributed by atoms with Gasteiger partial charge < -0.3 is 15.4 Å². The van der Waals surface area contributed by atoms with Gasteiger partial charge in [-0.1, -0.05) is 0 Å². The van der Waals surface area contributed by atoms with Gasteiger partial charge in [0.15, 0.2) is 5.96 Å². The van der Waals surface area contributed by atoms with Crippen molar-refractivity contribution in [2.24, 2.45) is 10.9 Å². The number of guanidine groups is 1. The number of hydrogen-bond acceptors (Lipinski definition) is 3. The molecule has 0 aromatic carbocycles. The second-order valence-corrected chi connectivity index (χ2v) is 6.30. The van der Waals surface area contributed by atoms with Gasteiger partial charge in [-0.05, 0) is 51.5 Å². The van der Waals surface area contributed by atoms with Crippen LogP contribution in [0.25, 0.3) is 0 Å². The van der Waals surface area contributed by atoms with Gasteiger partial charge in [-0.2, -0.15) is 5.10 Å². The normalized spacial score (nSPS) is 14.4. The Labute approximate surface area is 162 Å². The third-order valence-corrected chi connectivity index (χ3v) is 3.97. The van der Waals surface area contributed by atoms with E-state index in [4.69, 9.17) is 4.74 Å². The van der Waals surface area contributed by atoms with Gasteiger partial charge in [0.25, 0.3) is 0 Å². The maximum absolute atomic E-state index is 5.62. The first kappa shape index (κ1) is 21.2. The van der Waals surface area contributed by atoms with Crippen molar-refractivity contribution in [3.05, 3.63) is 17.5 Å². The van der Waals surface area contributed by atoms with Crippen molar-refractivity contribution in [1.82, 2.24) is 20.4 Å². The summed E-state index contributed by atoms with van der Waals surface area (Å²) in [6.45, 7) is 8.61. The second kappa shape index (κ2) is 11.7. The topological polar surface area (TPSA) is 63.5 Å². The lowest BCUT2D eigenvalue weighted by atomic mass is 10.4. The molecule has 1 fully saturated rings. The zero-order chi connectivity index (χ0) is 16.5. The SMILES string of the molecule is CN=C(NCCCOCC1CC1)NCCCn1nc(C)cc1C.I. The van der Waals surface area contributed by atoms with Crippen LogP contribution >= 0.6 is 24.0 Å². The van der Waals surface area contributed by atoms with E-state index in [1.165, 1.54) is 18.5 Å². The number of nitrogens with zero attached hydrogens (tertiary/aromatic N) is 3. The van der Waals surface area contributed by atoms with Crippen molar-refractivity contribution in [2.45, 2.75) is 46.1 Å². The number of nitrogens with one attached hydrogen (secondary N) is 2. The van der Waals surface area contributed by atoms with Crippen LogP contribution in [0.15, 0.2) is 11.1 Å². The van der Waals surface area contributed by atoms with E-state index >= 15 is 0 Å². The molecule has 1 aliphatic carbocycles. The molecule has 24 heavy (non-hydrogen) atoms. The quantitative estimate of drug-likeness (QED) is 0.249. The number of aliphatic imine (C=N–C) groups is 1. The van der Waals surface area contributed by atoms with E-state index in [0.29, 0.717) is 0 Å². The number of halogens is 1. The fourth-order valence-corrected chi connectivity index (χ4v) is 2.47. The summed E-state index contributed by atoms with van der Waals surface area (Å²) < 4.78 is 7.68. The predicted molar refractivity (Wildman–Crippen MR) is 109 cm³/mol. The van der Waals surface area contributed by atoms with E-state index in [1.807, 2.05) is 6.92 Å². The van der Waals surface area contributed by atoms with E-state index < -0.39 is 0 Å². The lowest BCUT2D eigenvalue weighted by Gasteiger charge is -2.12. The van der Waals surface area contributed by atoms with Crippen LogP contribution < -0.4 is 10.6 Å². The van der Waals surface area contributed by atoms with Crippen LogP contribution in [0.1, 0.15) is 37.1 Å². The lowest BCUT2D eigenvalue weighted by molar-refractivity contribution is 0.123. The molecule has 7 heteroatoms. The van der Waals surface area contributed by atoms with Gasteiger partial charge >= 0.3 is 0 Å². The van der Waals surface area contributed by atoms with Crippen molar-refractivity contribution >= 4 is 29.9 Å². The van der Waals surface area contributed by atoms with E-state index in [1.54, 1.807) is 7.05 Å². The van der Waals surface area contributed by atoms with Crippen LogP contribution in [0.5, 0.6) is 0 Å². The summed E-state index contributed by atoms with van der Waals surface area (Å²) in [5.41, 5.74) is 2.30. The molecular formula is C17H32IN5O. The first-order valence-corrected chi connectivity index (χ1v) is 8.72. The molecule has 0 aliphatic heterocycles. The molecule has 0 bridgehead atoms. The summed E-state index contributed by atoms with van der Waals surface area (Å²) in [6, 6.07) is 2.11. The molecule has 1 aromatic rings. The molecule has 1 aromatic heterocycles. The minimum atomic E-state index is 0. The molecule has 2 N–H and O–H groups in total. The zero-order valence-corrected chi connectivity index (χ0v) is 17.5. The fraction of sp³-hybridized carbons (Fsp3) is 0.765. The third-order valence-electron chi connectivity index (χ3n) is 3.97. The summed E-state index contributed by atoms with van der Waals surface area (Å²) >= 11 is 0. The molecule has 0 spiro atoms. The highest BCUT2D eigenvalue weighted by Gasteiger charge is 2.20. The van der Waals surface area contributed by atoms with Gasteiger partial charge in [-0.15, -0.1) is 24.0 Å². The maximum atomic E-state index is 5.62.